The standard InChI is InChI=1S/C19H22N2O2S2/c1-15-8-10-16(11-9-15)25(22,23)21-14-19(24-13-12-20(2)3)17-6-4-5-7-18(17)21/h4-11,14H,12-13H2,1-3H3. The molecule has 25 heavy (non-hydrogen) atoms. The van der Waals surface area contributed by atoms with Crippen LogP contribution < -0.4 is 0 Å². The van der Waals surface area contributed by atoms with Gasteiger partial charge >= 0.3 is 0 Å². The summed E-state index contributed by atoms with van der Waals surface area (Å²) in [6, 6.07) is 14.6. The molecular weight excluding hydrogens is 352 g/mol. The van der Waals surface area contributed by atoms with Crippen molar-refractivity contribution in [3.63, 3.8) is 0 Å². The van der Waals surface area contributed by atoms with Gasteiger partial charge in [0.2, 0.25) is 0 Å². The van der Waals surface area contributed by atoms with E-state index in [0.717, 1.165) is 33.7 Å². The summed E-state index contributed by atoms with van der Waals surface area (Å²) in [4.78, 5) is 3.42. The highest BCUT2D eigenvalue weighted by molar-refractivity contribution is 7.99. The van der Waals surface area contributed by atoms with Crippen molar-refractivity contribution in [3.05, 3.63) is 60.3 Å². The van der Waals surface area contributed by atoms with E-state index in [-0.39, 0.29) is 0 Å². The highest BCUT2D eigenvalue weighted by Gasteiger charge is 2.21. The van der Waals surface area contributed by atoms with Gasteiger partial charge in [0.1, 0.15) is 0 Å². The Balaban J connectivity index is 2.05. The van der Waals surface area contributed by atoms with Gasteiger partial charge in [0.25, 0.3) is 10.0 Å². The Hall–Kier alpha value is -1.76. The van der Waals surface area contributed by atoms with E-state index in [1.165, 1.54) is 3.97 Å². The van der Waals surface area contributed by atoms with Crippen LogP contribution in [0.15, 0.2) is 64.5 Å². The molecule has 0 unspecified atom stereocenters. The summed E-state index contributed by atoms with van der Waals surface area (Å²) in [5.41, 5.74) is 1.76. The molecular formula is C19H22N2O2S2. The van der Waals surface area contributed by atoms with E-state index >= 15 is 0 Å². The number of rotatable bonds is 6. The number of hydrogen-bond donors (Lipinski definition) is 0. The van der Waals surface area contributed by atoms with E-state index in [1.807, 2.05) is 57.4 Å². The molecule has 0 aliphatic heterocycles. The van der Waals surface area contributed by atoms with Crippen molar-refractivity contribution in [2.24, 2.45) is 0 Å². The Morgan fingerprint density at radius 2 is 1.72 bits per heavy atom. The summed E-state index contributed by atoms with van der Waals surface area (Å²) in [5, 5.41) is 0.974. The van der Waals surface area contributed by atoms with Crippen molar-refractivity contribution < 1.29 is 8.42 Å². The third-order valence-electron chi connectivity index (χ3n) is 4.02. The van der Waals surface area contributed by atoms with Gasteiger partial charge in [-0.25, -0.2) is 12.4 Å². The van der Waals surface area contributed by atoms with Crippen LogP contribution >= 0.6 is 11.8 Å². The maximum atomic E-state index is 13.1. The van der Waals surface area contributed by atoms with Crippen LogP contribution in [0.3, 0.4) is 0 Å². The second-order valence-electron chi connectivity index (χ2n) is 6.28. The molecule has 0 radical (unpaired) electrons. The van der Waals surface area contributed by atoms with Crippen LogP contribution in [0.1, 0.15) is 5.56 Å². The lowest BCUT2D eigenvalue weighted by Crippen LogP contribution is -2.14. The number of nitrogens with zero attached hydrogens (tertiary/aromatic N) is 2. The molecule has 132 valence electrons. The SMILES string of the molecule is Cc1ccc(S(=O)(=O)n2cc(SCCN(C)C)c3ccccc32)cc1. The first kappa shape index (κ1) is 18.0. The highest BCUT2D eigenvalue weighted by Crippen LogP contribution is 2.32. The molecule has 0 fully saturated rings. The molecule has 3 aromatic rings. The molecule has 2 aromatic carbocycles. The lowest BCUT2D eigenvalue weighted by Gasteiger charge is -2.08. The zero-order valence-corrected chi connectivity index (χ0v) is 16.3. The third-order valence-corrected chi connectivity index (χ3v) is 6.73. The predicted octanol–water partition coefficient (Wildman–Crippen LogP) is 3.84. The predicted molar refractivity (Wildman–Crippen MR) is 105 cm³/mol. The van der Waals surface area contributed by atoms with E-state index in [2.05, 4.69) is 4.90 Å². The summed E-state index contributed by atoms with van der Waals surface area (Å²) < 4.78 is 27.6. The van der Waals surface area contributed by atoms with Crippen LogP contribution in [0.25, 0.3) is 10.9 Å². The van der Waals surface area contributed by atoms with Gasteiger partial charge in [0.15, 0.2) is 0 Å². The fourth-order valence-corrected chi connectivity index (χ4v) is 5.22. The van der Waals surface area contributed by atoms with Crippen molar-refractivity contribution in [3.8, 4) is 0 Å². The smallest absolute Gasteiger partial charge is 0.268 e. The number of benzene rings is 2. The molecule has 0 amide bonds. The zero-order chi connectivity index (χ0) is 18.0. The molecule has 0 aliphatic rings. The van der Waals surface area contributed by atoms with Gasteiger partial charge in [-0.1, -0.05) is 35.9 Å². The van der Waals surface area contributed by atoms with E-state index < -0.39 is 10.0 Å². The first-order valence-corrected chi connectivity index (χ1v) is 10.5. The first-order chi connectivity index (χ1) is 11.9. The molecule has 0 spiro atoms. The van der Waals surface area contributed by atoms with E-state index in [4.69, 9.17) is 0 Å². The largest absolute Gasteiger partial charge is 0.309 e. The Bertz CT molecular complexity index is 974. The van der Waals surface area contributed by atoms with Gasteiger partial charge in [-0.05, 0) is 39.2 Å². The van der Waals surface area contributed by atoms with Crippen LogP contribution in [0, 0.1) is 6.92 Å². The number of para-hydroxylation sites is 1. The number of thioether (sulfide) groups is 1. The molecule has 0 saturated carbocycles. The average Bonchev–Trinajstić information content (AvgIpc) is 2.95. The monoisotopic (exact) mass is 374 g/mol. The van der Waals surface area contributed by atoms with Gasteiger partial charge in [-0.3, -0.25) is 0 Å². The van der Waals surface area contributed by atoms with Crippen molar-refractivity contribution >= 4 is 32.7 Å². The van der Waals surface area contributed by atoms with Crippen LogP contribution in [-0.4, -0.2) is 43.7 Å². The second kappa shape index (κ2) is 7.23. The van der Waals surface area contributed by atoms with Gasteiger partial charge in [0.05, 0.1) is 10.4 Å². The quantitative estimate of drug-likeness (QED) is 0.615. The minimum Gasteiger partial charge on any atom is -0.309 e. The van der Waals surface area contributed by atoms with Gasteiger partial charge in [0, 0.05) is 28.8 Å². The molecule has 6 heteroatoms. The summed E-state index contributed by atoms with van der Waals surface area (Å²) in [6.45, 7) is 2.88. The van der Waals surface area contributed by atoms with Gasteiger partial charge in [-0.2, -0.15) is 0 Å². The lowest BCUT2D eigenvalue weighted by molar-refractivity contribution is 0.437. The maximum absolute atomic E-state index is 13.1. The Morgan fingerprint density at radius 1 is 1.04 bits per heavy atom. The zero-order valence-electron chi connectivity index (χ0n) is 14.6. The van der Waals surface area contributed by atoms with Gasteiger partial charge in [-0.15, -0.1) is 11.8 Å². The van der Waals surface area contributed by atoms with Crippen LogP contribution in [-0.2, 0) is 10.0 Å². The number of hydrogen-bond acceptors (Lipinski definition) is 4. The van der Waals surface area contributed by atoms with Crippen molar-refractivity contribution in [1.29, 1.82) is 0 Å². The lowest BCUT2D eigenvalue weighted by atomic mass is 10.2. The normalized spacial score (nSPS) is 12.2. The minimum absolute atomic E-state index is 0.309. The molecule has 1 heterocycles. The molecule has 3 rings (SSSR count). The average molecular weight is 375 g/mol. The first-order valence-electron chi connectivity index (χ1n) is 8.09. The Kier molecular flexibility index (Phi) is 5.22. The van der Waals surface area contributed by atoms with Crippen LogP contribution in [0.5, 0.6) is 0 Å². The molecule has 4 nitrogen and oxygen atoms in total. The molecule has 0 N–H and O–H groups in total. The summed E-state index contributed by atoms with van der Waals surface area (Å²) in [7, 11) is 0.457. The molecule has 1 aromatic heterocycles. The fourth-order valence-electron chi connectivity index (χ4n) is 2.60. The van der Waals surface area contributed by atoms with E-state index in [1.54, 1.807) is 30.1 Å². The fraction of sp³-hybridized carbons (Fsp3) is 0.263. The third kappa shape index (κ3) is 3.76. The second-order valence-corrected chi connectivity index (χ2v) is 9.23. The van der Waals surface area contributed by atoms with Crippen molar-refractivity contribution in [1.82, 2.24) is 8.87 Å². The minimum atomic E-state index is -3.61. The summed E-state index contributed by atoms with van der Waals surface area (Å²) in [5.74, 6) is 0.908. The highest BCUT2D eigenvalue weighted by atomic mass is 32.2. The number of aromatic nitrogens is 1. The van der Waals surface area contributed by atoms with E-state index in [0.29, 0.717) is 4.90 Å². The molecule has 0 atom stereocenters. The van der Waals surface area contributed by atoms with Crippen LogP contribution in [0.4, 0.5) is 0 Å². The van der Waals surface area contributed by atoms with Gasteiger partial charge < -0.3 is 4.90 Å². The number of fused-ring (bicyclic) bond motifs is 1. The molecule has 0 aliphatic carbocycles. The Labute approximate surface area is 153 Å². The van der Waals surface area contributed by atoms with E-state index in [9.17, 15) is 8.42 Å². The summed E-state index contributed by atoms with van der Waals surface area (Å²) >= 11 is 1.69. The Morgan fingerprint density at radius 3 is 2.40 bits per heavy atom. The summed E-state index contributed by atoms with van der Waals surface area (Å²) in [6.07, 6.45) is 1.75. The van der Waals surface area contributed by atoms with Crippen molar-refractivity contribution in [2.75, 3.05) is 26.4 Å². The molecule has 0 saturated heterocycles. The molecule has 0 bridgehead atoms. The number of aryl methyl sites for hydroxylation is 1. The van der Waals surface area contributed by atoms with Crippen molar-refractivity contribution in [2.45, 2.75) is 16.7 Å². The van der Waals surface area contributed by atoms with Crippen LogP contribution in [0.2, 0.25) is 0 Å². The maximum Gasteiger partial charge on any atom is 0.268 e. The topological polar surface area (TPSA) is 42.3 Å².